The van der Waals surface area contributed by atoms with Crippen molar-refractivity contribution in [3.8, 4) is 0 Å². The van der Waals surface area contributed by atoms with E-state index in [1.807, 2.05) is 13.8 Å². The first kappa shape index (κ1) is 24.0. The van der Waals surface area contributed by atoms with E-state index >= 15 is 0 Å². The second kappa shape index (κ2) is 11.7. The molecule has 29 heavy (non-hydrogen) atoms. The zero-order chi connectivity index (χ0) is 22.0. The Labute approximate surface area is 170 Å². The number of aliphatic carboxylic acids is 1. The first-order chi connectivity index (χ1) is 13.8. The van der Waals surface area contributed by atoms with Crippen LogP contribution in [0, 0.1) is 5.92 Å². The molecule has 0 saturated carbocycles. The van der Waals surface area contributed by atoms with Crippen LogP contribution in [-0.4, -0.2) is 39.6 Å². The number of anilines is 1. The SMILES string of the molecule is CCCC(=O)C(CC)C(=O)O.CCCC1=NN(c2ccccc2C(=O)O)C(=O)C1. The summed E-state index contributed by atoms with van der Waals surface area (Å²) in [5, 5.41) is 23.1. The number of rotatable bonds is 9. The average molecular weight is 404 g/mol. The van der Waals surface area contributed by atoms with E-state index in [1.54, 1.807) is 25.1 Å². The van der Waals surface area contributed by atoms with Crippen LogP contribution < -0.4 is 5.01 Å². The van der Waals surface area contributed by atoms with Gasteiger partial charge in [0.05, 0.1) is 17.7 Å². The zero-order valence-corrected chi connectivity index (χ0v) is 17.1. The second-order valence-electron chi connectivity index (χ2n) is 6.64. The number of carboxylic acids is 2. The molecule has 0 fully saturated rings. The molecule has 1 aromatic carbocycles. The summed E-state index contributed by atoms with van der Waals surface area (Å²) in [5.41, 5.74) is 1.23. The third-order valence-corrected chi connectivity index (χ3v) is 4.33. The van der Waals surface area contributed by atoms with Gasteiger partial charge in [0.2, 0.25) is 0 Å². The van der Waals surface area contributed by atoms with Crippen molar-refractivity contribution in [2.24, 2.45) is 11.0 Å². The second-order valence-corrected chi connectivity index (χ2v) is 6.64. The fourth-order valence-electron chi connectivity index (χ4n) is 2.90. The van der Waals surface area contributed by atoms with Gasteiger partial charge in [-0.15, -0.1) is 0 Å². The van der Waals surface area contributed by atoms with E-state index in [-0.39, 0.29) is 23.7 Å². The molecule has 2 N–H and O–H groups in total. The Kier molecular flexibility index (Phi) is 9.71. The number of hydrazone groups is 1. The minimum atomic E-state index is -1.06. The van der Waals surface area contributed by atoms with E-state index in [4.69, 9.17) is 10.2 Å². The van der Waals surface area contributed by atoms with Crippen LogP contribution in [0.25, 0.3) is 0 Å². The maximum absolute atomic E-state index is 11.9. The molecule has 1 aliphatic rings. The molecule has 1 unspecified atom stereocenters. The Bertz CT molecular complexity index is 787. The summed E-state index contributed by atoms with van der Waals surface area (Å²) in [7, 11) is 0. The van der Waals surface area contributed by atoms with Gasteiger partial charge in [-0.2, -0.15) is 10.1 Å². The Morgan fingerprint density at radius 2 is 1.76 bits per heavy atom. The Morgan fingerprint density at radius 3 is 2.28 bits per heavy atom. The van der Waals surface area contributed by atoms with Crippen LogP contribution in [0.5, 0.6) is 0 Å². The minimum absolute atomic E-state index is 0.0901. The molecule has 1 aromatic rings. The topological polar surface area (TPSA) is 124 Å². The summed E-state index contributed by atoms with van der Waals surface area (Å²) in [5.74, 6) is -3.16. The molecule has 0 aliphatic carbocycles. The van der Waals surface area contributed by atoms with Crippen LogP contribution in [0.4, 0.5) is 5.69 Å². The predicted octanol–water partition coefficient (Wildman–Crippen LogP) is 3.74. The highest BCUT2D eigenvalue weighted by Crippen LogP contribution is 2.25. The number of hydrogen-bond acceptors (Lipinski definition) is 5. The number of nitrogens with zero attached hydrogens (tertiary/aromatic N) is 2. The van der Waals surface area contributed by atoms with Crippen molar-refractivity contribution in [2.75, 3.05) is 5.01 Å². The molecule has 8 nitrogen and oxygen atoms in total. The zero-order valence-electron chi connectivity index (χ0n) is 17.1. The summed E-state index contributed by atoms with van der Waals surface area (Å²) in [6.07, 6.45) is 3.46. The van der Waals surface area contributed by atoms with Crippen molar-refractivity contribution < 1.29 is 29.4 Å². The van der Waals surface area contributed by atoms with E-state index < -0.39 is 17.9 Å². The molecule has 0 aromatic heterocycles. The van der Waals surface area contributed by atoms with Crippen LogP contribution in [0.15, 0.2) is 29.4 Å². The fraction of sp³-hybridized carbons (Fsp3) is 0.476. The predicted molar refractivity (Wildman–Crippen MR) is 109 cm³/mol. The lowest BCUT2D eigenvalue weighted by atomic mass is 9.98. The lowest BCUT2D eigenvalue weighted by Crippen LogP contribution is -2.22. The molecular weight excluding hydrogens is 376 g/mol. The maximum atomic E-state index is 11.9. The molecule has 0 spiro atoms. The highest BCUT2D eigenvalue weighted by molar-refractivity contribution is 6.14. The van der Waals surface area contributed by atoms with Crippen LogP contribution in [-0.2, 0) is 14.4 Å². The van der Waals surface area contributed by atoms with E-state index in [9.17, 15) is 19.2 Å². The molecule has 8 heteroatoms. The van der Waals surface area contributed by atoms with E-state index in [1.165, 1.54) is 11.1 Å². The van der Waals surface area contributed by atoms with Crippen molar-refractivity contribution in [2.45, 2.75) is 59.3 Å². The standard InChI is InChI=1S/C13H14N2O3.C8H14O3/c1-2-5-9-8-12(16)15(14-9)11-7-4-3-6-10(11)13(17)18;1-3-5-7(9)6(4-2)8(10)11/h3-4,6-7H,2,5,8H2,1H3,(H,17,18);6H,3-5H2,1-2H3,(H,10,11). The average Bonchev–Trinajstić information content (AvgIpc) is 3.03. The van der Waals surface area contributed by atoms with E-state index in [0.29, 0.717) is 18.5 Å². The number of para-hydroxylation sites is 1. The van der Waals surface area contributed by atoms with Gasteiger partial charge in [-0.05, 0) is 31.4 Å². The first-order valence-electron chi connectivity index (χ1n) is 9.73. The molecule has 1 aliphatic heterocycles. The summed E-state index contributed by atoms with van der Waals surface area (Å²) < 4.78 is 0. The molecule has 0 bridgehead atoms. The smallest absolute Gasteiger partial charge is 0.337 e. The molecule has 1 heterocycles. The summed E-state index contributed by atoms with van der Waals surface area (Å²) in [4.78, 5) is 44.4. The number of aromatic carboxylic acids is 1. The minimum Gasteiger partial charge on any atom is -0.481 e. The molecular formula is C21H28N2O6. The maximum Gasteiger partial charge on any atom is 0.337 e. The molecule has 1 atom stereocenters. The van der Waals surface area contributed by atoms with Gasteiger partial charge in [-0.25, -0.2) is 4.79 Å². The van der Waals surface area contributed by atoms with Gasteiger partial charge in [0.15, 0.2) is 0 Å². The highest BCUT2D eigenvalue weighted by Gasteiger charge is 2.27. The third kappa shape index (κ3) is 6.81. The summed E-state index contributed by atoms with van der Waals surface area (Å²) in [6, 6.07) is 6.39. The van der Waals surface area contributed by atoms with Crippen LogP contribution in [0.1, 0.15) is 69.7 Å². The largest absolute Gasteiger partial charge is 0.481 e. The Hall–Kier alpha value is -3.03. The quantitative estimate of drug-likeness (QED) is 0.604. The molecule has 0 radical (unpaired) electrons. The number of amides is 1. The van der Waals surface area contributed by atoms with E-state index in [0.717, 1.165) is 25.0 Å². The molecule has 2 rings (SSSR count). The van der Waals surface area contributed by atoms with Gasteiger partial charge in [0.25, 0.3) is 5.91 Å². The van der Waals surface area contributed by atoms with Gasteiger partial charge in [-0.3, -0.25) is 14.4 Å². The van der Waals surface area contributed by atoms with Crippen LogP contribution in [0.3, 0.4) is 0 Å². The number of Topliss-reactive ketones (excluding diaryl/α,β-unsaturated/α-hetero) is 1. The Morgan fingerprint density at radius 1 is 1.10 bits per heavy atom. The van der Waals surface area contributed by atoms with Gasteiger partial charge in [0.1, 0.15) is 11.7 Å². The fourth-order valence-corrected chi connectivity index (χ4v) is 2.90. The summed E-state index contributed by atoms with van der Waals surface area (Å²) >= 11 is 0. The van der Waals surface area contributed by atoms with Gasteiger partial charge in [-0.1, -0.05) is 39.3 Å². The van der Waals surface area contributed by atoms with Crippen LogP contribution >= 0.6 is 0 Å². The number of carbonyl (C=O) groups is 4. The van der Waals surface area contributed by atoms with Crippen molar-refractivity contribution >= 4 is 35.0 Å². The van der Waals surface area contributed by atoms with Crippen molar-refractivity contribution in [1.82, 2.24) is 0 Å². The molecule has 158 valence electrons. The number of carboxylic acid groups (broad SMARTS) is 2. The van der Waals surface area contributed by atoms with Gasteiger partial charge < -0.3 is 10.2 Å². The van der Waals surface area contributed by atoms with Crippen molar-refractivity contribution in [3.63, 3.8) is 0 Å². The number of hydrogen-bond donors (Lipinski definition) is 2. The van der Waals surface area contributed by atoms with Crippen LogP contribution in [0.2, 0.25) is 0 Å². The van der Waals surface area contributed by atoms with Gasteiger partial charge in [0, 0.05) is 12.1 Å². The third-order valence-electron chi connectivity index (χ3n) is 4.33. The lowest BCUT2D eigenvalue weighted by molar-refractivity contribution is -0.146. The van der Waals surface area contributed by atoms with Gasteiger partial charge >= 0.3 is 11.9 Å². The normalized spacial score (nSPS) is 14.0. The first-order valence-corrected chi connectivity index (χ1v) is 9.73. The molecule has 1 amide bonds. The number of benzene rings is 1. The lowest BCUT2D eigenvalue weighted by Gasteiger charge is -2.13. The number of ketones is 1. The van der Waals surface area contributed by atoms with E-state index in [2.05, 4.69) is 5.10 Å². The highest BCUT2D eigenvalue weighted by atomic mass is 16.4. The molecule has 0 saturated heterocycles. The Balaban J connectivity index is 0.000000331. The number of carbonyl (C=O) groups excluding carboxylic acids is 2. The monoisotopic (exact) mass is 404 g/mol. The van der Waals surface area contributed by atoms with Crippen molar-refractivity contribution in [1.29, 1.82) is 0 Å². The van der Waals surface area contributed by atoms with Crippen molar-refractivity contribution in [3.05, 3.63) is 29.8 Å². The summed E-state index contributed by atoms with van der Waals surface area (Å²) in [6.45, 7) is 5.60.